The van der Waals surface area contributed by atoms with Crippen molar-refractivity contribution in [2.45, 2.75) is 6.92 Å². The summed E-state index contributed by atoms with van der Waals surface area (Å²) >= 11 is 11.9. The average molecular weight is 324 g/mol. The molecule has 0 bridgehead atoms. The maximum atomic E-state index is 12.2. The van der Waals surface area contributed by atoms with E-state index in [1.165, 1.54) is 6.07 Å². The first-order valence-corrected chi connectivity index (χ1v) is 6.75. The summed E-state index contributed by atoms with van der Waals surface area (Å²) in [6, 6.07) is 9.37. The van der Waals surface area contributed by atoms with Gasteiger partial charge in [-0.1, -0.05) is 35.3 Å². The number of nitrogens with one attached hydrogen (secondary N) is 1. The van der Waals surface area contributed by atoms with Crippen molar-refractivity contribution < 1.29 is 14.7 Å². The third-order valence-corrected chi connectivity index (χ3v) is 3.55. The molecule has 0 radical (unpaired) electrons. The number of hydrogen-bond acceptors (Lipinski definition) is 2. The van der Waals surface area contributed by atoms with Gasteiger partial charge >= 0.3 is 5.97 Å². The maximum absolute atomic E-state index is 12.2. The minimum Gasteiger partial charge on any atom is -0.478 e. The summed E-state index contributed by atoms with van der Waals surface area (Å²) in [5, 5.41) is 12.1. The Balaban J connectivity index is 2.32. The number of carbonyl (C=O) groups is 2. The van der Waals surface area contributed by atoms with Crippen LogP contribution in [0.2, 0.25) is 10.0 Å². The first-order chi connectivity index (χ1) is 9.90. The summed E-state index contributed by atoms with van der Waals surface area (Å²) in [7, 11) is 0. The Bertz CT molecular complexity index is 709. The number of benzene rings is 2. The molecule has 0 spiro atoms. The Labute approximate surface area is 131 Å². The van der Waals surface area contributed by atoms with Crippen molar-refractivity contribution in [2.24, 2.45) is 0 Å². The molecule has 6 heteroatoms. The zero-order valence-corrected chi connectivity index (χ0v) is 12.5. The quantitative estimate of drug-likeness (QED) is 0.887. The topological polar surface area (TPSA) is 66.4 Å². The number of carboxylic acids is 1. The van der Waals surface area contributed by atoms with Crippen molar-refractivity contribution in [2.75, 3.05) is 5.32 Å². The summed E-state index contributed by atoms with van der Waals surface area (Å²) in [5.74, 6) is -1.55. The van der Waals surface area contributed by atoms with Gasteiger partial charge in [0, 0.05) is 5.69 Å². The van der Waals surface area contributed by atoms with Gasteiger partial charge in [-0.15, -0.1) is 0 Å². The molecule has 0 aromatic heterocycles. The molecule has 0 saturated carbocycles. The van der Waals surface area contributed by atoms with Crippen LogP contribution in [-0.2, 0) is 0 Å². The van der Waals surface area contributed by atoms with E-state index in [1.807, 2.05) is 0 Å². The van der Waals surface area contributed by atoms with E-state index in [2.05, 4.69) is 5.32 Å². The molecule has 0 atom stereocenters. The van der Waals surface area contributed by atoms with Crippen molar-refractivity contribution in [3.63, 3.8) is 0 Å². The lowest BCUT2D eigenvalue weighted by Crippen LogP contribution is -2.14. The predicted octanol–water partition coefficient (Wildman–Crippen LogP) is 4.25. The highest BCUT2D eigenvalue weighted by Crippen LogP contribution is 2.25. The molecule has 2 N–H and O–H groups in total. The Hall–Kier alpha value is -2.04. The number of amides is 1. The number of carbonyl (C=O) groups excluding carboxylic acids is 1. The van der Waals surface area contributed by atoms with Gasteiger partial charge in [0.25, 0.3) is 5.91 Å². The zero-order chi connectivity index (χ0) is 15.6. The molecule has 4 nitrogen and oxygen atoms in total. The standard InChI is InChI=1S/C15H11Cl2NO3/c1-8-5-6-9(7-10(8)15(20)21)18-14(19)13-11(16)3-2-4-12(13)17/h2-7H,1H3,(H,18,19)(H,20,21). The summed E-state index contributed by atoms with van der Waals surface area (Å²) < 4.78 is 0. The molecular formula is C15H11Cl2NO3. The van der Waals surface area contributed by atoms with Crippen LogP contribution in [-0.4, -0.2) is 17.0 Å². The third kappa shape index (κ3) is 3.35. The van der Waals surface area contributed by atoms with E-state index in [1.54, 1.807) is 37.3 Å². The van der Waals surface area contributed by atoms with Gasteiger partial charge < -0.3 is 10.4 Å². The second kappa shape index (κ2) is 6.16. The highest BCUT2D eigenvalue weighted by atomic mass is 35.5. The zero-order valence-electron chi connectivity index (χ0n) is 11.0. The first-order valence-electron chi connectivity index (χ1n) is 5.99. The number of rotatable bonds is 3. The van der Waals surface area contributed by atoms with E-state index in [-0.39, 0.29) is 21.2 Å². The van der Waals surface area contributed by atoms with E-state index in [0.29, 0.717) is 11.3 Å². The van der Waals surface area contributed by atoms with Crippen LogP contribution in [0.5, 0.6) is 0 Å². The summed E-state index contributed by atoms with van der Waals surface area (Å²) in [4.78, 5) is 23.3. The van der Waals surface area contributed by atoms with Gasteiger partial charge in [-0.3, -0.25) is 4.79 Å². The van der Waals surface area contributed by atoms with Crippen molar-refractivity contribution in [1.82, 2.24) is 0 Å². The Morgan fingerprint density at radius 3 is 2.29 bits per heavy atom. The highest BCUT2D eigenvalue weighted by molar-refractivity contribution is 6.40. The Kier molecular flexibility index (Phi) is 4.50. The van der Waals surface area contributed by atoms with Crippen LogP contribution < -0.4 is 5.32 Å². The largest absolute Gasteiger partial charge is 0.478 e. The van der Waals surface area contributed by atoms with E-state index >= 15 is 0 Å². The minimum atomic E-state index is -1.06. The SMILES string of the molecule is Cc1ccc(NC(=O)c2c(Cl)cccc2Cl)cc1C(=O)O. The molecule has 1 amide bonds. The van der Waals surface area contributed by atoms with Gasteiger partial charge in [0.15, 0.2) is 0 Å². The fraction of sp³-hybridized carbons (Fsp3) is 0.0667. The number of aromatic carboxylic acids is 1. The smallest absolute Gasteiger partial charge is 0.336 e. The fourth-order valence-electron chi connectivity index (χ4n) is 1.84. The summed E-state index contributed by atoms with van der Waals surface area (Å²) in [6.45, 7) is 1.68. The van der Waals surface area contributed by atoms with Crippen molar-refractivity contribution in [3.05, 3.63) is 63.1 Å². The minimum absolute atomic E-state index is 0.123. The van der Waals surface area contributed by atoms with Crippen LogP contribution in [0.1, 0.15) is 26.3 Å². The summed E-state index contributed by atoms with van der Waals surface area (Å²) in [5.41, 5.74) is 1.24. The first kappa shape index (κ1) is 15.4. The predicted molar refractivity (Wildman–Crippen MR) is 82.6 cm³/mol. The van der Waals surface area contributed by atoms with Crippen LogP contribution in [0.4, 0.5) is 5.69 Å². The number of hydrogen-bond donors (Lipinski definition) is 2. The van der Waals surface area contributed by atoms with Gasteiger partial charge in [0.2, 0.25) is 0 Å². The molecule has 0 unspecified atom stereocenters. The van der Waals surface area contributed by atoms with E-state index in [0.717, 1.165) is 0 Å². The second-order valence-electron chi connectivity index (χ2n) is 4.39. The molecule has 21 heavy (non-hydrogen) atoms. The van der Waals surface area contributed by atoms with Crippen LogP contribution in [0, 0.1) is 6.92 Å². The van der Waals surface area contributed by atoms with Crippen molar-refractivity contribution >= 4 is 40.8 Å². The van der Waals surface area contributed by atoms with Gasteiger partial charge in [0.05, 0.1) is 21.2 Å². The maximum Gasteiger partial charge on any atom is 0.336 e. The molecule has 0 aliphatic carbocycles. The van der Waals surface area contributed by atoms with Crippen LogP contribution in [0.25, 0.3) is 0 Å². The number of carboxylic acid groups (broad SMARTS) is 1. The van der Waals surface area contributed by atoms with Crippen LogP contribution in [0.3, 0.4) is 0 Å². The fourth-order valence-corrected chi connectivity index (χ4v) is 2.41. The molecule has 108 valence electrons. The molecule has 2 rings (SSSR count). The van der Waals surface area contributed by atoms with Crippen molar-refractivity contribution in [3.8, 4) is 0 Å². The van der Waals surface area contributed by atoms with E-state index in [4.69, 9.17) is 28.3 Å². The summed E-state index contributed by atoms with van der Waals surface area (Å²) in [6.07, 6.45) is 0. The molecule has 0 aliphatic rings. The third-order valence-electron chi connectivity index (χ3n) is 2.92. The van der Waals surface area contributed by atoms with Gasteiger partial charge in [-0.2, -0.15) is 0 Å². The number of aryl methyl sites for hydroxylation is 1. The number of halogens is 2. The van der Waals surface area contributed by atoms with E-state index in [9.17, 15) is 9.59 Å². The Morgan fingerprint density at radius 2 is 1.71 bits per heavy atom. The average Bonchev–Trinajstić information content (AvgIpc) is 2.40. The lowest BCUT2D eigenvalue weighted by atomic mass is 10.1. The molecular weight excluding hydrogens is 313 g/mol. The molecule has 0 fully saturated rings. The number of anilines is 1. The molecule has 0 heterocycles. The van der Waals surface area contributed by atoms with Gasteiger partial charge in [-0.05, 0) is 36.8 Å². The molecule has 2 aromatic carbocycles. The van der Waals surface area contributed by atoms with Crippen LogP contribution in [0.15, 0.2) is 36.4 Å². The second-order valence-corrected chi connectivity index (χ2v) is 5.20. The Morgan fingerprint density at radius 1 is 1.10 bits per heavy atom. The van der Waals surface area contributed by atoms with E-state index < -0.39 is 11.9 Å². The highest BCUT2D eigenvalue weighted by Gasteiger charge is 2.15. The lowest BCUT2D eigenvalue weighted by Gasteiger charge is -2.10. The normalized spacial score (nSPS) is 10.2. The molecule has 0 saturated heterocycles. The van der Waals surface area contributed by atoms with Gasteiger partial charge in [0.1, 0.15) is 0 Å². The van der Waals surface area contributed by atoms with Crippen LogP contribution >= 0.6 is 23.2 Å². The lowest BCUT2D eigenvalue weighted by molar-refractivity contribution is 0.0695. The van der Waals surface area contributed by atoms with Crippen molar-refractivity contribution in [1.29, 1.82) is 0 Å². The van der Waals surface area contributed by atoms with Gasteiger partial charge in [-0.25, -0.2) is 4.79 Å². The molecule has 0 aliphatic heterocycles. The molecule has 2 aromatic rings. The monoisotopic (exact) mass is 323 g/mol.